The standard InChI is InChI=1S/C17H13Cl2NO3S/c1-23-16-7-6-11-4-2-3-5-15(11)17(16)20-24(21,22)14-9-12(18)8-13(19)10-14/h2-10,20H,1H3. The van der Waals surface area contributed by atoms with E-state index in [4.69, 9.17) is 27.9 Å². The molecular weight excluding hydrogens is 369 g/mol. The van der Waals surface area contributed by atoms with E-state index in [0.717, 1.165) is 10.8 Å². The normalized spacial score (nSPS) is 11.5. The highest BCUT2D eigenvalue weighted by Crippen LogP contribution is 2.35. The molecule has 7 heteroatoms. The Kier molecular flexibility index (Phi) is 4.58. The lowest BCUT2D eigenvalue weighted by Gasteiger charge is -2.15. The first-order valence-corrected chi connectivity index (χ1v) is 9.19. The topological polar surface area (TPSA) is 55.4 Å². The van der Waals surface area contributed by atoms with E-state index in [1.54, 1.807) is 6.07 Å². The van der Waals surface area contributed by atoms with E-state index >= 15 is 0 Å². The number of anilines is 1. The zero-order valence-corrected chi connectivity index (χ0v) is 14.9. The third-order valence-corrected chi connectivity index (χ3v) is 5.26. The smallest absolute Gasteiger partial charge is 0.262 e. The number of halogens is 2. The van der Waals surface area contributed by atoms with Gasteiger partial charge in [0.25, 0.3) is 10.0 Å². The van der Waals surface area contributed by atoms with Gasteiger partial charge in [-0.1, -0.05) is 53.5 Å². The second-order valence-corrected chi connectivity index (χ2v) is 7.63. The summed E-state index contributed by atoms with van der Waals surface area (Å²) in [5.74, 6) is 0.422. The number of benzene rings is 3. The van der Waals surface area contributed by atoms with Crippen LogP contribution in [-0.4, -0.2) is 15.5 Å². The SMILES string of the molecule is COc1ccc2ccccc2c1NS(=O)(=O)c1cc(Cl)cc(Cl)c1. The number of methoxy groups -OCH3 is 1. The molecule has 0 radical (unpaired) electrons. The maximum absolute atomic E-state index is 12.7. The molecule has 0 saturated heterocycles. The molecule has 0 amide bonds. The largest absolute Gasteiger partial charge is 0.495 e. The van der Waals surface area contributed by atoms with E-state index in [0.29, 0.717) is 11.4 Å². The van der Waals surface area contributed by atoms with Gasteiger partial charge in [0.2, 0.25) is 0 Å². The second kappa shape index (κ2) is 6.51. The van der Waals surface area contributed by atoms with Crippen LogP contribution in [0.2, 0.25) is 10.0 Å². The zero-order valence-electron chi connectivity index (χ0n) is 12.6. The van der Waals surface area contributed by atoms with Gasteiger partial charge in [0, 0.05) is 15.4 Å². The lowest BCUT2D eigenvalue weighted by atomic mass is 10.1. The third-order valence-electron chi connectivity index (χ3n) is 3.49. The van der Waals surface area contributed by atoms with Gasteiger partial charge < -0.3 is 4.74 Å². The van der Waals surface area contributed by atoms with Crippen molar-refractivity contribution in [2.45, 2.75) is 4.90 Å². The summed E-state index contributed by atoms with van der Waals surface area (Å²) in [6.07, 6.45) is 0. The van der Waals surface area contributed by atoms with Crippen molar-refractivity contribution in [3.05, 3.63) is 64.6 Å². The molecule has 0 unspecified atom stereocenters. The van der Waals surface area contributed by atoms with Crippen LogP contribution in [0, 0.1) is 0 Å². The van der Waals surface area contributed by atoms with Crippen molar-refractivity contribution >= 4 is 49.7 Å². The Bertz CT molecular complexity index is 999. The highest BCUT2D eigenvalue weighted by atomic mass is 35.5. The molecule has 0 atom stereocenters. The summed E-state index contributed by atoms with van der Waals surface area (Å²) in [5.41, 5.74) is 0.367. The predicted molar refractivity (Wildman–Crippen MR) is 97.8 cm³/mol. The van der Waals surface area contributed by atoms with Crippen LogP contribution >= 0.6 is 23.2 Å². The van der Waals surface area contributed by atoms with E-state index in [1.807, 2.05) is 30.3 Å². The Hall–Kier alpha value is -1.95. The summed E-state index contributed by atoms with van der Waals surface area (Å²) in [7, 11) is -2.40. The van der Waals surface area contributed by atoms with Crippen molar-refractivity contribution in [3.63, 3.8) is 0 Å². The summed E-state index contributed by atoms with van der Waals surface area (Å²) in [6.45, 7) is 0. The van der Waals surface area contributed by atoms with Gasteiger partial charge in [0.05, 0.1) is 17.7 Å². The molecule has 0 aliphatic carbocycles. The summed E-state index contributed by atoms with van der Waals surface area (Å²) in [6, 6.07) is 15.2. The first kappa shape index (κ1) is 16.9. The number of sulfonamides is 1. The summed E-state index contributed by atoms with van der Waals surface area (Å²) < 4.78 is 33.4. The molecule has 3 aromatic carbocycles. The van der Waals surface area contributed by atoms with Gasteiger partial charge in [-0.05, 0) is 29.7 Å². The number of hydrogen-bond acceptors (Lipinski definition) is 3. The van der Waals surface area contributed by atoms with Gasteiger partial charge >= 0.3 is 0 Å². The van der Waals surface area contributed by atoms with Crippen molar-refractivity contribution in [2.24, 2.45) is 0 Å². The zero-order chi connectivity index (χ0) is 17.3. The summed E-state index contributed by atoms with van der Waals surface area (Å²) >= 11 is 11.8. The first-order chi connectivity index (χ1) is 11.4. The molecule has 0 aromatic heterocycles. The van der Waals surface area contributed by atoms with E-state index < -0.39 is 10.0 Å². The number of rotatable bonds is 4. The Morgan fingerprint density at radius 2 is 1.62 bits per heavy atom. The van der Waals surface area contributed by atoms with Crippen LogP contribution in [0.3, 0.4) is 0 Å². The monoisotopic (exact) mass is 381 g/mol. The molecular formula is C17H13Cl2NO3S. The van der Waals surface area contributed by atoms with Crippen LogP contribution in [0.25, 0.3) is 10.8 Å². The highest BCUT2D eigenvalue weighted by Gasteiger charge is 2.19. The molecule has 1 N–H and O–H groups in total. The van der Waals surface area contributed by atoms with Crippen molar-refractivity contribution in [2.75, 3.05) is 11.8 Å². The fourth-order valence-electron chi connectivity index (χ4n) is 2.40. The molecule has 0 spiro atoms. The maximum atomic E-state index is 12.7. The number of hydrogen-bond donors (Lipinski definition) is 1. The number of ether oxygens (including phenoxy) is 1. The van der Waals surface area contributed by atoms with Gasteiger partial charge in [0.15, 0.2) is 0 Å². The summed E-state index contributed by atoms with van der Waals surface area (Å²) in [5, 5.41) is 2.11. The van der Waals surface area contributed by atoms with Crippen LogP contribution in [0.15, 0.2) is 59.5 Å². The van der Waals surface area contributed by atoms with Crippen LogP contribution in [0.4, 0.5) is 5.69 Å². The van der Waals surface area contributed by atoms with Gasteiger partial charge in [0.1, 0.15) is 5.75 Å². The van der Waals surface area contributed by atoms with Gasteiger partial charge in [-0.25, -0.2) is 8.42 Å². The predicted octanol–water partition coefficient (Wildman–Crippen LogP) is 4.96. The molecule has 3 aromatic rings. The van der Waals surface area contributed by atoms with Crippen LogP contribution in [0.5, 0.6) is 5.75 Å². The Morgan fingerprint density at radius 3 is 2.29 bits per heavy atom. The van der Waals surface area contributed by atoms with Crippen LogP contribution in [-0.2, 0) is 10.0 Å². The molecule has 0 saturated carbocycles. The molecule has 3 rings (SSSR count). The van der Waals surface area contributed by atoms with E-state index in [1.165, 1.54) is 25.3 Å². The first-order valence-electron chi connectivity index (χ1n) is 6.95. The second-order valence-electron chi connectivity index (χ2n) is 5.07. The fourth-order valence-corrected chi connectivity index (χ4v) is 4.22. The Labute approximate surface area is 150 Å². The van der Waals surface area contributed by atoms with Crippen LogP contribution < -0.4 is 9.46 Å². The third kappa shape index (κ3) is 3.29. The average molecular weight is 382 g/mol. The highest BCUT2D eigenvalue weighted by molar-refractivity contribution is 7.92. The molecule has 124 valence electrons. The van der Waals surface area contributed by atoms with Crippen molar-refractivity contribution in [3.8, 4) is 5.75 Å². The minimum Gasteiger partial charge on any atom is -0.495 e. The lowest BCUT2D eigenvalue weighted by Crippen LogP contribution is -2.14. The molecule has 0 bridgehead atoms. The molecule has 0 fully saturated rings. The molecule has 0 aliphatic heterocycles. The minimum atomic E-state index is -3.88. The van der Waals surface area contributed by atoms with E-state index in [9.17, 15) is 8.42 Å². The Balaban J connectivity index is 2.14. The maximum Gasteiger partial charge on any atom is 0.262 e. The number of fused-ring (bicyclic) bond motifs is 1. The van der Waals surface area contributed by atoms with Gasteiger partial charge in [-0.15, -0.1) is 0 Å². The fraction of sp³-hybridized carbons (Fsp3) is 0.0588. The summed E-state index contributed by atoms with van der Waals surface area (Å²) in [4.78, 5) is -0.0185. The number of nitrogens with one attached hydrogen (secondary N) is 1. The quantitative estimate of drug-likeness (QED) is 0.694. The van der Waals surface area contributed by atoms with Crippen LogP contribution in [0.1, 0.15) is 0 Å². The average Bonchev–Trinajstić information content (AvgIpc) is 2.54. The Morgan fingerprint density at radius 1 is 0.958 bits per heavy atom. The van der Waals surface area contributed by atoms with E-state index in [2.05, 4.69) is 4.72 Å². The van der Waals surface area contributed by atoms with Gasteiger partial charge in [-0.3, -0.25) is 4.72 Å². The van der Waals surface area contributed by atoms with Crippen molar-refractivity contribution in [1.82, 2.24) is 0 Å². The van der Waals surface area contributed by atoms with Crippen molar-refractivity contribution in [1.29, 1.82) is 0 Å². The lowest BCUT2D eigenvalue weighted by molar-refractivity contribution is 0.417. The molecule has 24 heavy (non-hydrogen) atoms. The van der Waals surface area contributed by atoms with Crippen molar-refractivity contribution < 1.29 is 13.2 Å². The van der Waals surface area contributed by atoms with E-state index in [-0.39, 0.29) is 14.9 Å². The minimum absolute atomic E-state index is 0.0185. The molecule has 0 heterocycles. The van der Waals surface area contributed by atoms with Gasteiger partial charge in [-0.2, -0.15) is 0 Å². The molecule has 4 nitrogen and oxygen atoms in total. The molecule has 0 aliphatic rings.